The topological polar surface area (TPSA) is 84.2 Å². The smallest absolute Gasteiger partial charge is 0.321 e. The molecule has 0 unspecified atom stereocenters. The first kappa shape index (κ1) is 18.2. The summed E-state index contributed by atoms with van der Waals surface area (Å²) in [7, 11) is 0. The van der Waals surface area contributed by atoms with E-state index in [1.807, 2.05) is 17.5 Å². The largest absolute Gasteiger partial charge is 0.431 e. The van der Waals surface area contributed by atoms with Gasteiger partial charge in [0.05, 0.1) is 18.5 Å². The third-order valence-corrected chi connectivity index (χ3v) is 4.91. The fraction of sp³-hybridized carbons (Fsp3) is 0.118. The average Bonchev–Trinajstić information content (AvgIpc) is 3.31. The number of urea groups is 1. The van der Waals surface area contributed by atoms with E-state index >= 15 is 0 Å². The summed E-state index contributed by atoms with van der Waals surface area (Å²) in [4.78, 5) is 28.5. The zero-order valence-electron chi connectivity index (χ0n) is 13.4. The number of rotatable bonds is 6. The summed E-state index contributed by atoms with van der Waals surface area (Å²) in [6.45, 7) is 0.366. The van der Waals surface area contributed by atoms with Gasteiger partial charge in [0.1, 0.15) is 5.82 Å². The summed E-state index contributed by atoms with van der Waals surface area (Å²) in [5, 5.41) is 7.05. The molecule has 0 bridgehead atoms. The molecule has 0 radical (unpaired) electrons. The second-order valence-electron chi connectivity index (χ2n) is 5.10. The summed E-state index contributed by atoms with van der Waals surface area (Å²) in [5.41, 5.74) is 0.683. The van der Waals surface area contributed by atoms with Crippen LogP contribution in [0, 0.1) is 5.82 Å². The standard InChI is InChI=1S/C17H14FN3O3S2/c18-12-5-3-11(4-6-12)14-9-20-17(24-14)26-10-15(22)21-16(23)19-8-13-2-1-7-25-13/h1-7,9H,8,10H2,(H2,19,21,22,23). The number of nitrogens with one attached hydrogen (secondary N) is 2. The second-order valence-corrected chi connectivity index (χ2v) is 7.06. The number of carbonyl (C=O) groups is 2. The molecule has 0 aliphatic carbocycles. The number of amides is 3. The number of nitrogens with zero attached hydrogens (tertiary/aromatic N) is 1. The minimum absolute atomic E-state index is 0.0181. The van der Waals surface area contributed by atoms with E-state index in [1.54, 1.807) is 12.1 Å². The van der Waals surface area contributed by atoms with E-state index in [0.717, 1.165) is 16.6 Å². The van der Waals surface area contributed by atoms with Crippen LogP contribution in [0.3, 0.4) is 0 Å². The van der Waals surface area contributed by atoms with Gasteiger partial charge in [0, 0.05) is 10.4 Å². The molecule has 0 atom stereocenters. The van der Waals surface area contributed by atoms with Crippen LogP contribution in [-0.2, 0) is 11.3 Å². The van der Waals surface area contributed by atoms with Crippen LogP contribution in [0.15, 0.2) is 57.6 Å². The predicted octanol–water partition coefficient (Wildman–Crippen LogP) is 3.66. The van der Waals surface area contributed by atoms with Crippen LogP contribution in [-0.4, -0.2) is 22.7 Å². The van der Waals surface area contributed by atoms with Crippen molar-refractivity contribution in [3.8, 4) is 11.3 Å². The molecule has 6 nitrogen and oxygen atoms in total. The minimum Gasteiger partial charge on any atom is -0.431 e. The molecule has 2 N–H and O–H groups in total. The van der Waals surface area contributed by atoms with E-state index in [0.29, 0.717) is 23.1 Å². The van der Waals surface area contributed by atoms with Gasteiger partial charge in [-0.1, -0.05) is 17.8 Å². The molecule has 0 saturated carbocycles. The molecule has 0 aliphatic heterocycles. The number of halogens is 1. The van der Waals surface area contributed by atoms with Gasteiger partial charge in [-0.3, -0.25) is 10.1 Å². The Balaban J connectivity index is 1.44. The van der Waals surface area contributed by atoms with Gasteiger partial charge in [-0.25, -0.2) is 14.2 Å². The number of hydrogen-bond acceptors (Lipinski definition) is 6. The Labute approximate surface area is 156 Å². The van der Waals surface area contributed by atoms with E-state index in [9.17, 15) is 14.0 Å². The van der Waals surface area contributed by atoms with Gasteiger partial charge >= 0.3 is 6.03 Å². The predicted molar refractivity (Wildman–Crippen MR) is 97.3 cm³/mol. The van der Waals surface area contributed by atoms with Crippen LogP contribution >= 0.6 is 23.1 Å². The maximum absolute atomic E-state index is 12.9. The van der Waals surface area contributed by atoms with Gasteiger partial charge in [0.25, 0.3) is 5.22 Å². The SMILES string of the molecule is O=C(CSc1ncc(-c2ccc(F)cc2)o1)NC(=O)NCc1cccs1. The quantitative estimate of drug-likeness (QED) is 0.627. The highest BCUT2D eigenvalue weighted by Gasteiger charge is 2.12. The highest BCUT2D eigenvalue weighted by molar-refractivity contribution is 7.99. The molecule has 3 rings (SSSR count). The van der Waals surface area contributed by atoms with Gasteiger partial charge in [0.2, 0.25) is 5.91 Å². The Bertz CT molecular complexity index is 879. The minimum atomic E-state index is -0.552. The number of thioether (sulfide) groups is 1. The number of benzene rings is 1. The van der Waals surface area contributed by atoms with Crippen molar-refractivity contribution >= 4 is 35.0 Å². The monoisotopic (exact) mass is 391 g/mol. The van der Waals surface area contributed by atoms with E-state index < -0.39 is 11.9 Å². The Morgan fingerprint density at radius 1 is 1.23 bits per heavy atom. The lowest BCUT2D eigenvalue weighted by Crippen LogP contribution is -2.39. The molecule has 2 aromatic heterocycles. The Morgan fingerprint density at radius 3 is 2.77 bits per heavy atom. The first-order valence-electron chi connectivity index (χ1n) is 7.55. The Kier molecular flexibility index (Phi) is 6.03. The summed E-state index contributed by atoms with van der Waals surface area (Å²) < 4.78 is 18.4. The molecule has 2 heterocycles. The maximum Gasteiger partial charge on any atom is 0.321 e. The number of thiophene rings is 1. The highest BCUT2D eigenvalue weighted by atomic mass is 32.2. The van der Waals surface area contributed by atoms with Crippen LogP contribution < -0.4 is 10.6 Å². The molecule has 9 heteroatoms. The fourth-order valence-corrected chi connectivity index (χ4v) is 3.23. The Hall–Kier alpha value is -2.65. The third-order valence-electron chi connectivity index (χ3n) is 3.20. The van der Waals surface area contributed by atoms with Crippen molar-refractivity contribution in [3.63, 3.8) is 0 Å². The van der Waals surface area contributed by atoms with Gasteiger partial charge < -0.3 is 9.73 Å². The van der Waals surface area contributed by atoms with E-state index in [4.69, 9.17) is 4.42 Å². The summed E-state index contributed by atoms with van der Waals surface area (Å²) in [5.74, 6) is -0.339. The Morgan fingerprint density at radius 2 is 2.04 bits per heavy atom. The van der Waals surface area contributed by atoms with Crippen LogP contribution in [0.4, 0.5) is 9.18 Å². The average molecular weight is 391 g/mol. The van der Waals surface area contributed by atoms with Gasteiger partial charge in [-0.15, -0.1) is 11.3 Å². The molecular weight excluding hydrogens is 377 g/mol. The van der Waals surface area contributed by atoms with Crippen LogP contribution in [0.25, 0.3) is 11.3 Å². The number of hydrogen-bond donors (Lipinski definition) is 2. The van der Waals surface area contributed by atoms with Crippen molar-refractivity contribution in [2.75, 3.05) is 5.75 Å². The van der Waals surface area contributed by atoms with Crippen molar-refractivity contribution in [2.45, 2.75) is 11.8 Å². The molecule has 0 fully saturated rings. The van der Waals surface area contributed by atoms with Crippen molar-refractivity contribution in [3.05, 3.63) is 58.7 Å². The summed E-state index contributed by atoms with van der Waals surface area (Å²) in [6.07, 6.45) is 1.50. The summed E-state index contributed by atoms with van der Waals surface area (Å²) >= 11 is 2.58. The lowest BCUT2D eigenvalue weighted by atomic mass is 10.2. The molecular formula is C17H14FN3O3S2. The lowest BCUT2D eigenvalue weighted by molar-refractivity contribution is -0.117. The highest BCUT2D eigenvalue weighted by Crippen LogP contribution is 2.25. The van der Waals surface area contributed by atoms with Crippen LogP contribution in [0.5, 0.6) is 0 Å². The normalized spacial score (nSPS) is 10.5. The molecule has 3 aromatic rings. The number of aromatic nitrogens is 1. The molecule has 134 valence electrons. The number of carbonyl (C=O) groups excluding carboxylic acids is 2. The van der Waals surface area contributed by atoms with Crippen LogP contribution in [0.1, 0.15) is 4.88 Å². The molecule has 26 heavy (non-hydrogen) atoms. The van der Waals surface area contributed by atoms with Crippen molar-refractivity contribution in [1.82, 2.24) is 15.6 Å². The third kappa shape index (κ3) is 5.17. The molecule has 3 amide bonds. The van der Waals surface area contributed by atoms with Crippen molar-refractivity contribution in [2.24, 2.45) is 0 Å². The van der Waals surface area contributed by atoms with Gasteiger partial charge in [0.15, 0.2) is 5.76 Å². The second kappa shape index (κ2) is 8.63. The van der Waals surface area contributed by atoms with Crippen molar-refractivity contribution < 1.29 is 18.4 Å². The van der Waals surface area contributed by atoms with Gasteiger partial charge in [-0.05, 0) is 35.7 Å². The summed E-state index contributed by atoms with van der Waals surface area (Å²) in [6, 6.07) is 9.04. The van der Waals surface area contributed by atoms with Crippen LogP contribution in [0.2, 0.25) is 0 Å². The first-order chi connectivity index (χ1) is 12.6. The zero-order chi connectivity index (χ0) is 18.4. The maximum atomic E-state index is 12.9. The number of imide groups is 1. The molecule has 0 aliphatic rings. The molecule has 0 spiro atoms. The lowest BCUT2D eigenvalue weighted by Gasteiger charge is -2.04. The van der Waals surface area contributed by atoms with Crippen molar-refractivity contribution in [1.29, 1.82) is 0 Å². The zero-order valence-corrected chi connectivity index (χ0v) is 15.0. The first-order valence-corrected chi connectivity index (χ1v) is 9.41. The van der Waals surface area contributed by atoms with E-state index in [1.165, 1.54) is 29.7 Å². The molecule has 0 saturated heterocycles. The van der Waals surface area contributed by atoms with E-state index in [-0.39, 0.29) is 11.6 Å². The van der Waals surface area contributed by atoms with Gasteiger partial charge in [-0.2, -0.15) is 0 Å². The molecule has 1 aromatic carbocycles. The van der Waals surface area contributed by atoms with E-state index in [2.05, 4.69) is 15.6 Å². The fourth-order valence-electron chi connectivity index (χ4n) is 1.99. The number of oxazole rings is 1.